The normalized spacial score (nSPS) is 43.7. The monoisotopic (exact) mass is 923 g/mol. The number of aliphatic hydroxyl groups is 4. The lowest BCUT2D eigenvalue weighted by molar-refractivity contribution is -0.350. The largest absolute Gasteiger partial charge is 0.458 e. The van der Waals surface area contributed by atoms with Crippen LogP contribution in [0.4, 0.5) is 0 Å². The Hall–Kier alpha value is -2.54. The lowest BCUT2D eigenvalue weighted by atomic mass is 9.76. The number of allylic oxidation sites excluding steroid dienone is 4. The van der Waals surface area contributed by atoms with Gasteiger partial charge in [-0.15, -0.1) is 0 Å². The summed E-state index contributed by atoms with van der Waals surface area (Å²) in [7, 11) is 4.78. The third-order valence-electron chi connectivity index (χ3n) is 15.2. The highest BCUT2D eigenvalue weighted by Crippen LogP contribution is 2.45. The molecule has 22 unspecified atom stereocenters. The number of methoxy groups -OCH3 is 3. The molecule has 4 aliphatic rings. The Morgan fingerprint density at radius 1 is 0.692 bits per heavy atom. The van der Waals surface area contributed by atoms with Crippen molar-refractivity contribution in [2.75, 3.05) is 21.3 Å². The van der Waals surface area contributed by atoms with Crippen molar-refractivity contribution in [3.63, 3.8) is 0 Å². The maximum absolute atomic E-state index is 13.5. The van der Waals surface area contributed by atoms with Crippen molar-refractivity contribution in [3.05, 3.63) is 48.6 Å². The number of ether oxygens (including phenoxy) is 9. The van der Waals surface area contributed by atoms with Crippen LogP contribution in [0.15, 0.2) is 48.6 Å². The topological polar surface area (TPSA) is 198 Å². The minimum atomic E-state index is -1.31. The van der Waals surface area contributed by atoms with Crippen LogP contribution in [-0.4, -0.2) is 139 Å². The van der Waals surface area contributed by atoms with Crippen LogP contribution in [0.2, 0.25) is 0 Å². The Labute approximate surface area is 387 Å². The lowest BCUT2D eigenvalue weighted by Gasteiger charge is -2.51. The van der Waals surface area contributed by atoms with Gasteiger partial charge in [-0.1, -0.05) is 91.8 Å². The van der Waals surface area contributed by atoms with Crippen LogP contribution in [0.3, 0.4) is 0 Å². The van der Waals surface area contributed by atoms with Crippen molar-refractivity contribution < 1.29 is 72.6 Å². The smallest absolute Gasteiger partial charge is 0.331 e. The highest BCUT2D eigenvalue weighted by atomic mass is 16.7. The predicted molar refractivity (Wildman–Crippen MR) is 243 cm³/mol. The highest BCUT2D eigenvalue weighted by Gasteiger charge is 2.54. The zero-order valence-corrected chi connectivity index (χ0v) is 41.3. The van der Waals surface area contributed by atoms with Crippen molar-refractivity contribution in [1.29, 1.82) is 0 Å². The molecule has 0 aliphatic carbocycles. The Kier molecular flexibility index (Phi) is 20.5. The van der Waals surface area contributed by atoms with Gasteiger partial charge in [0.05, 0.1) is 48.8 Å². The summed E-state index contributed by atoms with van der Waals surface area (Å²) in [6.07, 6.45) is 6.05. The first-order valence-electron chi connectivity index (χ1n) is 23.7. The average molecular weight is 923 g/mol. The van der Waals surface area contributed by atoms with Crippen molar-refractivity contribution in [2.45, 2.75) is 187 Å². The van der Waals surface area contributed by atoms with Gasteiger partial charge in [0.2, 0.25) is 0 Å². The zero-order valence-electron chi connectivity index (χ0n) is 41.3. The molecule has 372 valence electrons. The van der Waals surface area contributed by atoms with Gasteiger partial charge < -0.3 is 63.1 Å². The van der Waals surface area contributed by atoms with Crippen LogP contribution in [0, 0.1) is 47.3 Å². The molecule has 3 saturated heterocycles. The fraction of sp³-hybridized carbons (Fsp3) is 0.800. The van der Waals surface area contributed by atoms with E-state index in [1.165, 1.54) is 19.3 Å². The molecule has 0 aromatic rings. The van der Waals surface area contributed by atoms with E-state index in [2.05, 4.69) is 6.92 Å². The van der Waals surface area contributed by atoms with Crippen LogP contribution in [0.1, 0.15) is 102 Å². The zero-order chi connectivity index (χ0) is 48.6. The summed E-state index contributed by atoms with van der Waals surface area (Å²) in [4.78, 5) is 26.9. The van der Waals surface area contributed by atoms with Gasteiger partial charge in [-0.3, -0.25) is 0 Å². The van der Waals surface area contributed by atoms with Gasteiger partial charge in [-0.2, -0.15) is 0 Å². The molecule has 0 aromatic carbocycles. The van der Waals surface area contributed by atoms with Crippen LogP contribution in [0.5, 0.6) is 0 Å². The number of hydrogen-bond acceptors (Lipinski definition) is 15. The molecule has 3 fully saturated rings. The summed E-state index contributed by atoms with van der Waals surface area (Å²) < 4.78 is 55.6. The highest BCUT2D eigenvalue weighted by molar-refractivity contribution is 5.83. The van der Waals surface area contributed by atoms with Gasteiger partial charge in [0, 0.05) is 100 Å². The Balaban J connectivity index is 1.52. The van der Waals surface area contributed by atoms with Crippen LogP contribution in [0.25, 0.3) is 0 Å². The number of cyclic esters (lactones) is 2. The standard InChI is InChI=1S/C50H82O15/c1-15-37-35(10)65-50(59-14,26-40(37)57-12)33(8)45(55)31(6)48-28(3)21-17-19-22-41(52)62-47(27(2)20-16-18-23-42(53)63-48)30(5)44(54)32(7)49(58-13)25-39(29(4)34(9)64-49)61-43-24-38(51)46(56)36(11)60-43/h16-23,27-40,43-48,51,54-56H,15,24-26H2,1-14H3/b20-16+,21-17+,22-19+,23-18+. The van der Waals surface area contributed by atoms with E-state index in [-0.39, 0.29) is 43.0 Å². The average Bonchev–Trinajstić information content (AvgIpc) is 3.28. The lowest BCUT2D eigenvalue weighted by Crippen LogP contribution is -2.59. The van der Waals surface area contributed by atoms with Crippen molar-refractivity contribution in [2.24, 2.45) is 47.3 Å². The number of rotatable bonds is 14. The molecule has 65 heavy (non-hydrogen) atoms. The quantitative estimate of drug-likeness (QED) is 0.152. The fourth-order valence-corrected chi connectivity index (χ4v) is 10.5. The molecule has 4 N–H and O–H groups in total. The van der Waals surface area contributed by atoms with E-state index in [9.17, 15) is 30.0 Å². The molecule has 4 aliphatic heterocycles. The summed E-state index contributed by atoms with van der Waals surface area (Å²) in [6.45, 7) is 20.8. The molecule has 15 nitrogen and oxygen atoms in total. The fourth-order valence-electron chi connectivity index (χ4n) is 10.5. The molecule has 0 aromatic heterocycles. The minimum absolute atomic E-state index is 0.0991. The van der Waals surface area contributed by atoms with E-state index < -0.39 is 114 Å². The second-order valence-corrected chi connectivity index (χ2v) is 19.3. The number of esters is 2. The minimum Gasteiger partial charge on any atom is -0.458 e. The summed E-state index contributed by atoms with van der Waals surface area (Å²) in [6, 6.07) is 0. The SMILES string of the molecule is CCC1C(C)OC(OC)(C(C)C(O)C(C)C2OC(=O)/C=C/C=C/C(C)C(C(C)C(O)C(C)C3(OC)CC(OC4CC(O)C(O)C(C)O4)C(C)C(C)O3)OC(=O)/C=C/C=C/C2C)CC1OC. The van der Waals surface area contributed by atoms with Gasteiger partial charge in [0.25, 0.3) is 0 Å². The summed E-state index contributed by atoms with van der Waals surface area (Å²) in [5, 5.41) is 44.7. The molecule has 0 bridgehead atoms. The van der Waals surface area contributed by atoms with Gasteiger partial charge in [-0.25, -0.2) is 9.59 Å². The molecule has 0 radical (unpaired) electrons. The van der Waals surface area contributed by atoms with E-state index in [1.807, 2.05) is 55.4 Å². The summed E-state index contributed by atoms with van der Waals surface area (Å²) in [5.74, 6) is -6.84. The maximum Gasteiger partial charge on any atom is 0.331 e. The molecule has 4 rings (SSSR count). The Morgan fingerprint density at radius 2 is 1.15 bits per heavy atom. The summed E-state index contributed by atoms with van der Waals surface area (Å²) >= 11 is 0. The van der Waals surface area contributed by atoms with E-state index >= 15 is 0 Å². The molecule has 4 heterocycles. The van der Waals surface area contributed by atoms with E-state index in [1.54, 1.807) is 64.5 Å². The van der Waals surface area contributed by atoms with Crippen molar-refractivity contribution in [3.8, 4) is 0 Å². The van der Waals surface area contributed by atoms with Crippen LogP contribution >= 0.6 is 0 Å². The van der Waals surface area contributed by atoms with Gasteiger partial charge in [0.15, 0.2) is 17.9 Å². The molecule has 15 heteroatoms. The molecule has 22 atom stereocenters. The van der Waals surface area contributed by atoms with Crippen LogP contribution < -0.4 is 0 Å². The molecule has 0 amide bonds. The number of hydrogen-bond donors (Lipinski definition) is 4. The van der Waals surface area contributed by atoms with E-state index in [0.29, 0.717) is 6.42 Å². The molecule has 0 spiro atoms. The van der Waals surface area contributed by atoms with Crippen LogP contribution in [-0.2, 0) is 52.2 Å². The second-order valence-electron chi connectivity index (χ2n) is 19.3. The summed E-state index contributed by atoms with van der Waals surface area (Å²) in [5.41, 5.74) is 0. The Morgan fingerprint density at radius 3 is 1.58 bits per heavy atom. The first kappa shape index (κ1) is 55.1. The third-order valence-corrected chi connectivity index (χ3v) is 15.2. The third kappa shape index (κ3) is 13.0. The van der Waals surface area contributed by atoms with Crippen molar-refractivity contribution in [1.82, 2.24) is 0 Å². The number of aliphatic hydroxyl groups excluding tert-OH is 4. The second kappa shape index (κ2) is 24.1. The molecular formula is C50H82O15. The molecular weight excluding hydrogens is 841 g/mol. The first-order valence-corrected chi connectivity index (χ1v) is 23.7. The van der Waals surface area contributed by atoms with E-state index in [0.717, 1.165) is 6.42 Å². The predicted octanol–water partition coefficient (Wildman–Crippen LogP) is 5.81. The Bertz CT molecular complexity index is 1620. The van der Waals surface area contributed by atoms with Gasteiger partial charge in [0.1, 0.15) is 18.3 Å². The first-order chi connectivity index (χ1) is 30.6. The maximum atomic E-state index is 13.5. The van der Waals surface area contributed by atoms with Gasteiger partial charge in [-0.05, 0) is 27.2 Å². The van der Waals surface area contributed by atoms with Crippen molar-refractivity contribution >= 4 is 11.9 Å². The molecule has 0 saturated carbocycles. The van der Waals surface area contributed by atoms with Gasteiger partial charge >= 0.3 is 11.9 Å². The van der Waals surface area contributed by atoms with E-state index in [4.69, 9.17) is 42.6 Å². The number of carbonyl (C=O) groups excluding carboxylic acids is 2. The number of carbonyl (C=O) groups is 2.